The molecule has 72 valence electrons. The minimum absolute atomic E-state index is 0.165. The third kappa shape index (κ3) is 6.26. The molecule has 0 radical (unpaired) electrons. The van der Waals surface area contributed by atoms with Crippen LogP contribution in [0.3, 0.4) is 0 Å². The molecule has 0 aromatic rings. The summed E-state index contributed by atoms with van der Waals surface area (Å²) in [5.41, 5.74) is 0. The topological polar surface area (TPSA) is 75.3 Å². The van der Waals surface area contributed by atoms with Gasteiger partial charge in [0.25, 0.3) is 10.2 Å². The van der Waals surface area contributed by atoms with Crippen molar-refractivity contribution in [1.29, 1.82) is 0 Å². The van der Waals surface area contributed by atoms with Crippen LogP contribution < -0.4 is 9.44 Å². The second-order valence-electron chi connectivity index (χ2n) is 2.80. The molecule has 0 aromatic heterocycles. The molecule has 2 N–H and O–H groups in total. The molecular formula is C6H14N2O3S. The van der Waals surface area contributed by atoms with Gasteiger partial charge in [-0.25, -0.2) is 0 Å². The average molecular weight is 194 g/mol. The van der Waals surface area contributed by atoms with Gasteiger partial charge in [-0.05, 0) is 20.8 Å². The summed E-state index contributed by atoms with van der Waals surface area (Å²) in [5.74, 6) is -0.218. The lowest BCUT2D eigenvalue weighted by Crippen LogP contribution is -2.41. The van der Waals surface area contributed by atoms with Crippen molar-refractivity contribution < 1.29 is 13.2 Å². The summed E-state index contributed by atoms with van der Waals surface area (Å²) < 4.78 is 26.3. The summed E-state index contributed by atoms with van der Waals surface area (Å²) in [4.78, 5) is 10.4. The monoisotopic (exact) mass is 194 g/mol. The lowest BCUT2D eigenvalue weighted by molar-refractivity contribution is -0.115. The van der Waals surface area contributed by atoms with E-state index in [0.29, 0.717) is 0 Å². The Bertz CT molecular complexity index is 246. The van der Waals surface area contributed by atoms with Crippen LogP contribution in [0, 0.1) is 0 Å². The molecular weight excluding hydrogens is 180 g/mol. The molecule has 0 atom stereocenters. The molecule has 0 fully saturated rings. The summed E-state index contributed by atoms with van der Waals surface area (Å²) in [6.07, 6.45) is 0. The standard InChI is InChI=1S/C6H14N2O3S/c1-5(2)8-12(10,11)7-4-6(3)9/h5,7-8H,4H2,1-3H3. The molecule has 0 aromatic carbocycles. The largest absolute Gasteiger partial charge is 0.299 e. The van der Waals surface area contributed by atoms with Gasteiger partial charge < -0.3 is 0 Å². The average Bonchev–Trinajstić information content (AvgIpc) is 1.81. The van der Waals surface area contributed by atoms with Crippen LogP contribution in [-0.4, -0.2) is 26.8 Å². The van der Waals surface area contributed by atoms with E-state index in [-0.39, 0.29) is 18.4 Å². The number of nitrogens with one attached hydrogen (secondary N) is 2. The van der Waals surface area contributed by atoms with Crippen LogP contribution in [0.25, 0.3) is 0 Å². The van der Waals surface area contributed by atoms with E-state index in [1.807, 2.05) is 0 Å². The second-order valence-corrected chi connectivity index (χ2v) is 4.33. The highest BCUT2D eigenvalue weighted by molar-refractivity contribution is 7.87. The van der Waals surface area contributed by atoms with Gasteiger partial charge in [-0.1, -0.05) is 0 Å². The van der Waals surface area contributed by atoms with E-state index in [4.69, 9.17) is 0 Å². The minimum Gasteiger partial charge on any atom is -0.299 e. The Balaban J connectivity index is 3.98. The second kappa shape index (κ2) is 4.54. The van der Waals surface area contributed by atoms with E-state index < -0.39 is 10.2 Å². The number of Topliss-reactive ketones (excluding diaryl/α,β-unsaturated/α-hetero) is 1. The molecule has 12 heavy (non-hydrogen) atoms. The zero-order chi connectivity index (χ0) is 9.78. The SMILES string of the molecule is CC(=O)CNS(=O)(=O)NC(C)C. The smallest absolute Gasteiger partial charge is 0.277 e. The summed E-state index contributed by atoms with van der Waals surface area (Å²) in [7, 11) is -3.50. The van der Waals surface area contributed by atoms with Crippen molar-refractivity contribution in [3.05, 3.63) is 0 Å². The van der Waals surface area contributed by atoms with Crippen molar-refractivity contribution in [3.8, 4) is 0 Å². The van der Waals surface area contributed by atoms with Gasteiger partial charge in [0.2, 0.25) is 0 Å². The molecule has 6 heteroatoms. The quantitative estimate of drug-likeness (QED) is 0.614. The summed E-state index contributed by atoms with van der Waals surface area (Å²) in [5, 5.41) is 0. The number of hydrogen-bond acceptors (Lipinski definition) is 3. The van der Waals surface area contributed by atoms with Gasteiger partial charge in [-0.15, -0.1) is 0 Å². The molecule has 0 amide bonds. The first-order valence-corrected chi connectivity index (χ1v) is 5.08. The van der Waals surface area contributed by atoms with Crippen molar-refractivity contribution in [2.75, 3.05) is 6.54 Å². The molecule has 0 bridgehead atoms. The molecule has 0 saturated heterocycles. The Hall–Kier alpha value is -0.460. The van der Waals surface area contributed by atoms with E-state index >= 15 is 0 Å². The number of carbonyl (C=O) groups excluding carboxylic acids is 1. The molecule has 5 nitrogen and oxygen atoms in total. The summed E-state index contributed by atoms with van der Waals surface area (Å²) in [6.45, 7) is 4.56. The Morgan fingerprint density at radius 3 is 2.25 bits per heavy atom. The minimum atomic E-state index is -3.50. The molecule has 0 aliphatic carbocycles. The molecule has 0 aliphatic rings. The van der Waals surface area contributed by atoms with Gasteiger partial charge in [-0.3, -0.25) is 4.79 Å². The highest BCUT2D eigenvalue weighted by Crippen LogP contribution is 1.82. The fourth-order valence-corrected chi connectivity index (χ4v) is 1.65. The van der Waals surface area contributed by atoms with E-state index in [0.717, 1.165) is 0 Å². The zero-order valence-corrected chi connectivity index (χ0v) is 8.23. The van der Waals surface area contributed by atoms with Gasteiger partial charge in [0.1, 0.15) is 5.78 Å². The van der Waals surface area contributed by atoms with E-state index in [1.165, 1.54) is 6.92 Å². The van der Waals surface area contributed by atoms with Crippen LogP contribution in [0.15, 0.2) is 0 Å². The third-order valence-electron chi connectivity index (χ3n) is 0.902. The first kappa shape index (κ1) is 11.5. The van der Waals surface area contributed by atoms with Crippen molar-refractivity contribution in [2.24, 2.45) is 0 Å². The maximum absolute atomic E-state index is 11.0. The normalized spacial score (nSPS) is 12.0. The number of rotatable bonds is 5. The van der Waals surface area contributed by atoms with Crippen LogP contribution in [0.2, 0.25) is 0 Å². The molecule has 0 spiro atoms. The predicted molar refractivity (Wildman–Crippen MR) is 45.9 cm³/mol. The molecule has 0 rings (SSSR count). The first-order valence-electron chi connectivity index (χ1n) is 3.60. The van der Waals surface area contributed by atoms with Crippen LogP contribution in [0.1, 0.15) is 20.8 Å². The lowest BCUT2D eigenvalue weighted by atomic mass is 10.4. The van der Waals surface area contributed by atoms with Gasteiger partial charge >= 0.3 is 0 Å². The Morgan fingerprint density at radius 1 is 1.42 bits per heavy atom. The predicted octanol–water partition coefficient (Wildman–Crippen LogP) is -0.592. The maximum Gasteiger partial charge on any atom is 0.277 e. The summed E-state index contributed by atoms with van der Waals surface area (Å²) >= 11 is 0. The maximum atomic E-state index is 11.0. The first-order chi connectivity index (χ1) is 5.33. The summed E-state index contributed by atoms with van der Waals surface area (Å²) in [6, 6.07) is -0.172. The van der Waals surface area contributed by atoms with Gasteiger partial charge in [0.05, 0.1) is 6.54 Å². The fraction of sp³-hybridized carbons (Fsp3) is 0.833. The number of ketones is 1. The Kier molecular flexibility index (Phi) is 4.36. The van der Waals surface area contributed by atoms with Crippen molar-refractivity contribution >= 4 is 16.0 Å². The Labute approximate surface area is 72.7 Å². The molecule has 0 aliphatic heterocycles. The van der Waals surface area contributed by atoms with Crippen molar-refractivity contribution in [3.63, 3.8) is 0 Å². The van der Waals surface area contributed by atoms with Crippen molar-refractivity contribution in [1.82, 2.24) is 9.44 Å². The molecule has 0 heterocycles. The van der Waals surface area contributed by atoms with Gasteiger partial charge in [-0.2, -0.15) is 17.9 Å². The number of hydrogen-bond donors (Lipinski definition) is 2. The van der Waals surface area contributed by atoms with Crippen LogP contribution in [0.5, 0.6) is 0 Å². The van der Waals surface area contributed by atoms with Crippen LogP contribution in [-0.2, 0) is 15.0 Å². The number of carbonyl (C=O) groups is 1. The Morgan fingerprint density at radius 2 is 1.92 bits per heavy atom. The van der Waals surface area contributed by atoms with Crippen LogP contribution >= 0.6 is 0 Å². The molecule has 0 saturated carbocycles. The highest BCUT2D eigenvalue weighted by Gasteiger charge is 2.10. The highest BCUT2D eigenvalue weighted by atomic mass is 32.2. The van der Waals surface area contributed by atoms with Gasteiger partial charge in [0.15, 0.2) is 0 Å². The zero-order valence-electron chi connectivity index (χ0n) is 7.42. The molecule has 0 unspecified atom stereocenters. The van der Waals surface area contributed by atoms with E-state index in [1.54, 1.807) is 13.8 Å². The third-order valence-corrected chi connectivity index (χ3v) is 2.21. The fourth-order valence-electron chi connectivity index (χ4n) is 0.549. The van der Waals surface area contributed by atoms with E-state index in [9.17, 15) is 13.2 Å². The van der Waals surface area contributed by atoms with Crippen molar-refractivity contribution in [2.45, 2.75) is 26.8 Å². The lowest BCUT2D eigenvalue weighted by Gasteiger charge is -2.08. The van der Waals surface area contributed by atoms with E-state index in [2.05, 4.69) is 9.44 Å². The van der Waals surface area contributed by atoms with Crippen LogP contribution in [0.4, 0.5) is 0 Å². The van der Waals surface area contributed by atoms with Gasteiger partial charge in [0, 0.05) is 6.04 Å².